The molecule has 0 radical (unpaired) electrons. The molecule has 3 aliphatic rings. The minimum Gasteiger partial charge on any atom is -0.485 e. The predicted octanol–water partition coefficient (Wildman–Crippen LogP) is 14.5. The van der Waals surface area contributed by atoms with E-state index in [0.717, 1.165) is 39.6 Å². The average molecular weight is 845 g/mol. The highest BCUT2D eigenvalue weighted by atomic mass is 16.5. The number of hydrogen-bond donors (Lipinski definition) is 0. The highest BCUT2D eigenvalue weighted by Crippen LogP contribution is 2.50. The van der Waals surface area contributed by atoms with E-state index in [0.29, 0.717) is 17.5 Å². The smallest absolute Gasteiger partial charge is 0.164 e. The topological polar surface area (TPSA) is 52.8 Å². The van der Waals surface area contributed by atoms with E-state index in [1.165, 1.54) is 71.6 Å². The molecule has 2 aliphatic carbocycles. The van der Waals surface area contributed by atoms with Crippen molar-refractivity contribution in [1.29, 1.82) is 0 Å². The first kappa shape index (κ1) is 37.0. The molecule has 0 spiro atoms. The molecule has 0 saturated carbocycles. The van der Waals surface area contributed by atoms with Gasteiger partial charge in [-0.3, -0.25) is 0 Å². The lowest BCUT2D eigenvalue weighted by molar-refractivity contribution is 0.269. The summed E-state index contributed by atoms with van der Waals surface area (Å²) in [5, 5.41) is 7.20. The summed E-state index contributed by atoms with van der Waals surface area (Å²) in [7, 11) is 0. The molecule has 0 fully saturated rings. The van der Waals surface area contributed by atoms with Crippen molar-refractivity contribution in [2.45, 2.75) is 24.4 Å². The predicted molar refractivity (Wildman–Crippen MR) is 268 cm³/mol. The number of hydrogen-bond acceptors (Lipinski definition) is 4. The first-order valence-electron chi connectivity index (χ1n) is 22.8. The Hall–Kier alpha value is -8.41. The minimum atomic E-state index is -0.194. The van der Waals surface area contributed by atoms with Crippen molar-refractivity contribution in [3.8, 4) is 45.3 Å². The number of fused-ring (bicyclic) bond motifs is 12. The van der Waals surface area contributed by atoms with Crippen LogP contribution in [0.4, 0.5) is 0 Å². The Morgan fingerprint density at radius 1 is 0.500 bits per heavy atom. The van der Waals surface area contributed by atoms with Gasteiger partial charge in [0.15, 0.2) is 17.5 Å². The van der Waals surface area contributed by atoms with Crippen molar-refractivity contribution in [1.82, 2.24) is 19.5 Å². The minimum absolute atomic E-state index is 0.0834. The molecule has 2 aromatic heterocycles. The van der Waals surface area contributed by atoms with E-state index in [4.69, 9.17) is 19.7 Å². The van der Waals surface area contributed by atoms with Crippen LogP contribution in [0.2, 0.25) is 0 Å². The van der Waals surface area contributed by atoms with Crippen LogP contribution in [0.1, 0.15) is 39.9 Å². The summed E-state index contributed by atoms with van der Waals surface area (Å²) >= 11 is 0. The van der Waals surface area contributed by atoms with Crippen molar-refractivity contribution >= 4 is 48.9 Å². The van der Waals surface area contributed by atoms with Gasteiger partial charge in [0.1, 0.15) is 11.9 Å². The maximum absolute atomic E-state index is 6.96. The molecule has 3 heterocycles. The lowest BCUT2D eigenvalue weighted by atomic mass is 9.74. The van der Waals surface area contributed by atoms with Crippen LogP contribution in [0.3, 0.4) is 0 Å². The SMILES string of the molecule is C1=CC2c3ccc([C@@H]4Cc5c(ccc6c7ccccc7n(-c7ccccc7)c56)-c5ccccc54)cc3OC2C=C1c1nc(-c2ccc3ccccc3c2)nc(-c2ccc3ccccc3c2)n1. The van der Waals surface area contributed by atoms with E-state index in [2.05, 4.69) is 217 Å². The molecule has 2 unspecified atom stereocenters. The van der Waals surface area contributed by atoms with Crippen molar-refractivity contribution < 1.29 is 4.74 Å². The number of allylic oxidation sites excluding steroid dienone is 2. The maximum Gasteiger partial charge on any atom is 0.164 e. The van der Waals surface area contributed by atoms with Crippen LogP contribution < -0.4 is 4.74 Å². The van der Waals surface area contributed by atoms with Crippen LogP contribution in [-0.2, 0) is 6.42 Å². The monoisotopic (exact) mass is 844 g/mol. The van der Waals surface area contributed by atoms with Crippen LogP contribution >= 0.6 is 0 Å². The Morgan fingerprint density at radius 2 is 1.17 bits per heavy atom. The normalized spacial score (nSPS) is 17.0. The van der Waals surface area contributed by atoms with E-state index < -0.39 is 0 Å². The molecule has 9 aromatic carbocycles. The molecule has 5 nitrogen and oxygen atoms in total. The fourth-order valence-corrected chi connectivity index (χ4v) is 11.0. The van der Waals surface area contributed by atoms with Crippen molar-refractivity contribution in [2.24, 2.45) is 0 Å². The van der Waals surface area contributed by atoms with Gasteiger partial charge in [-0.2, -0.15) is 0 Å². The molecule has 66 heavy (non-hydrogen) atoms. The molecule has 310 valence electrons. The number of benzene rings is 9. The third-order valence-corrected chi connectivity index (χ3v) is 14.1. The second kappa shape index (κ2) is 14.6. The molecule has 14 rings (SSSR count). The summed E-state index contributed by atoms with van der Waals surface area (Å²) in [4.78, 5) is 15.4. The zero-order chi connectivity index (χ0) is 43.3. The van der Waals surface area contributed by atoms with Crippen LogP contribution in [0, 0.1) is 0 Å². The van der Waals surface area contributed by atoms with Gasteiger partial charge in [0.2, 0.25) is 0 Å². The van der Waals surface area contributed by atoms with Crippen LogP contribution in [0.5, 0.6) is 5.75 Å². The van der Waals surface area contributed by atoms with Crippen LogP contribution in [-0.4, -0.2) is 25.6 Å². The van der Waals surface area contributed by atoms with E-state index in [1.54, 1.807) is 0 Å². The van der Waals surface area contributed by atoms with Gasteiger partial charge in [-0.25, -0.2) is 15.0 Å². The Kier molecular flexibility index (Phi) is 8.17. The number of para-hydroxylation sites is 2. The standard InChI is InChI=1S/C61H40N4O/c1-2-16-45(17-3-1)65-55-21-11-10-20-49(55)52-31-30-48-46-18-8-9-19-47(46)53(36-54(48)58(52)65)41-26-28-50-51-29-27-44(35-57(51)66-56(50)34-41)61-63-59(42-24-22-37-12-4-6-14-39(37)32-42)62-60(64-61)43-25-23-38-13-5-7-15-40(38)33-43/h1-35,51,53,57H,36H2/t51?,53-,57?/m0/s1. The molecule has 11 aromatic rings. The van der Waals surface area contributed by atoms with Crippen molar-refractivity contribution in [3.05, 3.63) is 240 Å². The van der Waals surface area contributed by atoms with Gasteiger partial charge in [0, 0.05) is 50.6 Å². The summed E-state index contributed by atoms with van der Waals surface area (Å²) in [5.74, 6) is 3.08. The van der Waals surface area contributed by atoms with Gasteiger partial charge < -0.3 is 9.30 Å². The Morgan fingerprint density at radius 3 is 1.94 bits per heavy atom. The van der Waals surface area contributed by atoms with Gasteiger partial charge in [-0.1, -0.05) is 170 Å². The summed E-state index contributed by atoms with van der Waals surface area (Å²) in [5.41, 5.74) is 14.3. The molecular weight excluding hydrogens is 805 g/mol. The Balaban J connectivity index is 0.842. The zero-order valence-corrected chi connectivity index (χ0v) is 35.8. The number of ether oxygens (including phenoxy) is 1. The first-order valence-corrected chi connectivity index (χ1v) is 22.8. The summed E-state index contributed by atoms with van der Waals surface area (Å²) < 4.78 is 9.44. The Bertz CT molecular complexity index is 3760. The summed E-state index contributed by atoms with van der Waals surface area (Å²) in [6.07, 6.45) is 7.33. The quantitative estimate of drug-likeness (QED) is 0.173. The fraction of sp³-hybridized carbons (Fsp3) is 0.0656. The molecule has 0 saturated heterocycles. The molecule has 0 N–H and O–H groups in total. The van der Waals surface area contributed by atoms with Gasteiger partial charge >= 0.3 is 0 Å². The molecule has 3 atom stereocenters. The maximum atomic E-state index is 6.96. The molecule has 1 aliphatic heterocycles. The molecule has 0 amide bonds. The number of nitrogens with zero attached hydrogens (tertiary/aromatic N) is 4. The zero-order valence-electron chi connectivity index (χ0n) is 35.8. The van der Waals surface area contributed by atoms with Gasteiger partial charge in [-0.15, -0.1) is 0 Å². The largest absolute Gasteiger partial charge is 0.485 e. The third kappa shape index (κ3) is 5.83. The third-order valence-electron chi connectivity index (χ3n) is 14.1. The fourth-order valence-electron chi connectivity index (χ4n) is 11.0. The number of rotatable bonds is 5. The second-order valence-corrected chi connectivity index (χ2v) is 17.8. The highest BCUT2D eigenvalue weighted by Gasteiger charge is 2.36. The Labute approximate surface area is 381 Å². The molecular formula is C61H40N4O. The first-order chi connectivity index (χ1) is 32.7. The second-order valence-electron chi connectivity index (χ2n) is 17.8. The van der Waals surface area contributed by atoms with Gasteiger partial charge in [0.25, 0.3) is 0 Å². The lowest BCUT2D eigenvalue weighted by Crippen LogP contribution is -2.18. The van der Waals surface area contributed by atoms with E-state index >= 15 is 0 Å². The van der Waals surface area contributed by atoms with E-state index in [1.807, 2.05) is 0 Å². The highest BCUT2D eigenvalue weighted by molar-refractivity contribution is 6.12. The summed E-state index contributed by atoms with van der Waals surface area (Å²) in [6, 6.07) is 69.9. The van der Waals surface area contributed by atoms with Crippen LogP contribution in [0.25, 0.3) is 88.5 Å². The molecule has 5 heteroatoms. The van der Waals surface area contributed by atoms with Crippen molar-refractivity contribution in [3.63, 3.8) is 0 Å². The van der Waals surface area contributed by atoms with E-state index in [-0.39, 0.29) is 17.9 Å². The van der Waals surface area contributed by atoms with E-state index in [9.17, 15) is 0 Å². The number of aromatic nitrogens is 4. The van der Waals surface area contributed by atoms with Crippen LogP contribution in [0.15, 0.2) is 212 Å². The van der Waals surface area contributed by atoms with Gasteiger partial charge in [-0.05, 0) is 98.3 Å². The van der Waals surface area contributed by atoms with Gasteiger partial charge in [0.05, 0.1) is 11.0 Å². The average Bonchev–Trinajstić information content (AvgIpc) is 3.93. The molecule has 0 bridgehead atoms. The lowest BCUT2D eigenvalue weighted by Gasteiger charge is -2.29. The van der Waals surface area contributed by atoms with Crippen molar-refractivity contribution in [2.75, 3.05) is 0 Å². The summed E-state index contributed by atoms with van der Waals surface area (Å²) in [6.45, 7) is 0.